The van der Waals surface area contributed by atoms with Crippen LogP contribution in [0.3, 0.4) is 0 Å². The van der Waals surface area contributed by atoms with E-state index in [4.69, 9.17) is 4.74 Å². The first kappa shape index (κ1) is 13.7. The molecule has 1 amide bonds. The third-order valence-corrected chi connectivity index (χ3v) is 3.83. The molecular formula is C15H22N2O2. The van der Waals surface area contributed by atoms with Crippen LogP contribution in [0.2, 0.25) is 0 Å². The van der Waals surface area contributed by atoms with Crippen LogP contribution in [-0.4, -0.2) is 36.5 Å². The summed E-state index contributed by atoms with van der Waals surface area (Å²) in [4.78, 5) is 14.2. The van der Waals surface area contributed by atoms with Gasteiger partial charge in [-0.3, -0.25) is 4.79 Å². The average molecular weight is 262 g/mol. The third-order valence-electron chi connectivity index (χ3n) is 3.83. The summed E-state index contributed by atoms with van der Waals surface area (Å²) in [5.41, 5.74) is 0.950. The van der Waals surface area contributed by atoms with Crippen molar-refractivity contribution < 1.29 is 9.53 Å². The zero-order valence-corrected chi connectivity index (χ0v) is 12.0. The monoisotopic (exact) mass is 262 g/mol. The van der Waals surface area contributed by atoms with Crippen molar-refractivity contribution in [2.24, 2.45) is 5.92 Å². The predicted molar refractivity (Wildman–Crippen MR) is 76.4 cm³/mol. The molecule has 4 nitrogen and oxygen atoms in total. The van der Waals surface area contributed by atoms with Crippen LogP contribution in [0.4, 0.5) is 5.69 Å². The van der Waals surface area contributed by atoms with Crippen LogP contribution in [-0.2, 0) is 4.79 Å². The smallest absolute Gasteiger partial charge is 0.265 e. The van der Waals surface area contributed by atoms with Crippen LogP contribution in [0.25, 0.3) is 0 Å². The van der Waals surface area contributed by atoms with E-state index in [1.165, 1.54) is 0 Å². The lowest BCUT2D eigenvalue weighted by Gasteiger charge is -2.33. The molecule has 1 aliphatic heterocycles. The normalized spacial score (nSPS) is 19.1. The quantitative estimate of drug-likeness (QED) is 0.909. The number of hydrogen-bond donors (Lipinski definition) is 1. The summed E-state index contributed by atoms with van der Waals surface area (Å²) in [6.07, 6.45) is -0.443. The Kier molecular flexibility index (Phi) is 3.98. The Morgan fingerprint density at radius 2 is 2.05 bits per heavy atom. The summed E-state index contributed by atoms with van der Waals surface area (Å²) in [5, 5.41) is 3.24. The molecule has 1 N–H and O–H groups in total. The number of amides is 1. The zero-order valence-electron chi connectivity index (χ0n) is 12.0. The van der Waals surface area contributed by atoms with Crippen molar-refractivity contribution in [3.8, 4) is 5.75 Å². The lowest BCUT2D eigenvalue weighted by molar-refractivity contribution is -0.139. The Morgan fingerprint density at radius 3 is 2.74 bits per heavy atom. The zero-order chi connectivity index (χ0) is 14.0. The molecule has 104 valence electrons. The largest absolute Gasteiger partial charge is 0.477 e. The maximum Gasteiger partial charge on any atom is 0.265 e. The summed E-state index contributed by atoms with van der Waals surface area (Å²) in [6, 6.07) is 7.90. The Labute approximate surface area is 114 Å². The Morgan fingerprint density at radius 1 is 1.37 bits per heavy atom. The highest BCUT2D eigenvalue weighted by atomic mass is 16.5. The van der Waals surface area contributed by atoms with Crippen molar-refractivity contribution in [3.05, 3.63) is 24.3 Å². The van der Waals surface area contributed by atoms with Crippen LogP contribution in [0, 0.1) is 5.92 Å². The molecular weight excluding hydrogens is 240 g/mol. The van der Waals surface area contributed by atoms with Gasteiger partial charge in [-0.25, -0.2) is 0 Å². The third kappa shape index (κ3) is 2.83. The fraction of sp³-hybridized carbons (Fsp3) is 0.533. The molecule has 0 aliphatic carbocycles. The number of ether oxygens (including phenoxy) is 1. The van der Waals surface area contributed by atoms with Gasteiger partial charge in [-0.15, -0.1) is 0 Å². The summed E-state index contributed by atoms with van der Waals surface area (Å²) >= 11 is 0. The van der Waals surface area contributed by atoms with Crippen LogP contribution in [0.5, 0.6) is 5.75 Å². The van der Waals surface area contributed by atoms with Gasteiger partial charge in [-0.2, -0.15) is 0 Å². The number of para-hydroxylation sites is 2. The standard InChI is InChI=1S/C15H22N2O2/c1-10(2)11(3)17(4)15(18)14-9-16-12-7-5-6-8-13(12)19-14/h5-8,10-11,14,16H,9H2,1-4H3. The highest BCUT2D eigenvalue weighted by molar-refractivity contribution is 5.83. The summed E-state index contributed by atoms with van der Waals surface area (Å²) in [6.45, 7) is 6.81. The van der Waals surface area contributed by atoms with Gasteiger partial charge in [0.05, 0.1) is 12.2 Å². The van der Waals surface area contributed by atoms with Crippen molar-refractivity contribution >= 4 is 11.6 Å². The second-order valence-corrected chi connectivity index (χ2v) is 5.42. The van der Waals surface area contributed by atoms with Gasteiger partial charge >= 0.3 is 0 Å². The van der Waals surface area contributed by atoms with Gasteiger partial charge in [0, 0.05) is 13.1 Å². The minimum atomic E-state index is -0.443. The van der Waals surface area contributed by atoms with Gasteiger partial charge in [0.1, 0.15) is 5.75 Å². The fourth-order valence-electron chi connectivity index (χ4n) is 2.13. The van der Waals surface area contributed by atoms with Crippen molar-refractivity contribution in [3.63, 3.8) is 0 Å². The topological polar surface area (TPSA) is 41.6 Å². The number of carbonyl (C=O) groups is 1. The minimum Gasteiger partial charge on any atom is -0.477 e. The number of benzene rings is 1. The van der Waals surface area contributed by atoms with Gasteiger partial charge in [0.2, 0.25) is 0 Å². The second kappa shape index (κ2) is 5.51. The van der Waals surface area contributed by atoms with Gasteiger partial charge in [0.25, 0.3) is 5.91 Å². The van der Waals surface area contributed by atoms with E-state index in [2.05, 4.69) is 26.1 Å². The van der Waals surface area contributed by atoms with Crippen molar-refractivity contribution in [2.45, 2.75) is 32.9 Å². The Hall–Kier alpha value is -1.71. The molecule has 1 aromatic carbocycles. The maximum absolute atomic E-state index is 12.4. The van der Waals surface area contributed by atoms with Crippen molar-refractivity contribution in [2.75, 3.05) is 18.9 Å². The van der Waals surface area contributed by atoms with Crippen LogP contribution < -0.4 is 10.1 Å². The van der Waals surface area contributed by atoms with Gasteiger partial charge < -0.3 is 15.0 Å². The van der Waals surface area contributed by atoms with E-state index in [9.17, 15) is 4.79 Å². The van der Waals surface area contributed by atoms with Gasteiger partial charge in [-0.1, -0.05) is 26.0 Å². The lowest BCUT2D eigenvalue weighted by atomic mass is 10.0. The number of hydrogen-bond acceptors (Lipinski definition) is 3. The molecule has 0 saturated carbocycles. The van der Waals surface area contributed by atoms with Gasteiger partial charge in [0.15, 0.2) is 6.10 Å². The molecule has 4 heteroatoms. The molecule has 0 fully saturated rings. The highest BCUT2D eigenvalue weighted by Gasteiger charge is 2.30. The molecule has 2 unspecified atom stereocenters. The second-order valence-electron chi connectivity index (χ2n) is 5.42. The van der Waals surface area contributed by atoms with E-state index in [1.807, 2.05) is 31.3 Å². The van der Waals surface area contributed by atoms with Crippen LogP contribution in [0.1, 0.15) is 20.8 Å². The van der Waals surface area contributed by atoms with E-state index >= 15 is 0 Å². The highest BCUT2D eigenvalue weighted by Crippen LogP contribution is 2.28. The molecule has 0 spiro atoms. The molecule has 1 aliphatic rings. The minimum absolute atomic E-state index is 0.0307. The molecule has 0 aromatic heterocycles. The summed E-state index contributed by atoms with van der Waals surface area (Å²) in [5.74, 6) is 1.21. The van der Waals surface area contributed by atoms with E-state index in [-0.39, 0.29) is 11.9 Å². The molecule has 0 radical (unpaired) electrons. The van der Waals surface area contributed by atoms with E-state index < -0.39 is 6.10 Å². The van der Waals surface area contributed by atoms with E-state index in [0.29, 0.717) is 12.5 Å². The molecule has 1 heterocycles. The molecule has 2 rings (SSSR count). The van der Waals surface area contributed by atoms with Crippen molar-refractivity contribution in [1.29, 1.82) is 0 Å². The number of carbonyl (C=O) groups excluding carboxylic acids is 1. The first-order valence-electron chi connectivity index (χ1n) is 6.77. The maximum atomic E-state index is 12.4. The number of nitrogens with zero attached hydrogens (tertiary/aromatic N) is 1. The SMILES string of the molecule is CC(C)C(C)N(C)C(=O)C1CNc2ccccc2O1. The first-order valence-corrected chi connectivity index (χ1v) is 6.77. The number of rotatable bonds is 3. The number of anilines is 1. The van der Waals surface area contributed by atoms with Gasteiger partial charge in [-0.05, 0) is 25.0 Å². The van der Waals surface area contributed by atoms with Crippen LogP contribution in [0.15, 0.2) is 24.3 Å². The van der Waals surface area contributed by atoms with E-state index in [1.54, 1.807) is 4.90 Å². The molecule has 1 aromatic rings. The number of likely N-dealkylation sites (N-methyl/N-ethyl adjacent to an activating group) is 1. The fourth-order valence-corrected chi connectivity index (χ4v) is 2.13. The molecule has 19 heavy (non-hydrogen) atoms. The number of nitrogens with one attached hydrogen (secondary N) is 1. The van der Waals surface area contributed by atoms with E-state index in [0.717, 1.165) is 11.4 Å². The average Bonchev–Trinajstić information content (AvgIpc) is 2.44. The summed E-state index contributed by atoms with van der Waals surface area (Å²) < 4.78 is 5.79. The Balaban J connectivity index is 2.06. The van der Waals surface area contributed by atoms with Crippen LogP contribution >= 0.6 is 0 Å². The lowest BCUT2D eigenvalue weighted by Crippen LogP contribution is -2.49. The molecule has 0 saturated heterocycles. The van der Waals surface area contributed by atoms with Crippen molar-refractivity contribution in [1.82, 2.24) is 4.90 Å². The molecule has 2 atom stereocenters. The first-order chi connectivity index (χ1) is 9.00. The number of fused-ring (bicyclic) bond motifs is 1. The Bertz CT molecular complexity index is 459. The predicted octanol–water partition coefficient (Wildman–Crippen LogP) is 2.36. The summed E-state index contributed by atoms with van der Waals surface area (Å²) in [7, 11) is 1.84. The molecule has 0 bridgehead atoms.